The minimum absolute atomic E-state index is 0.267. The number of thiophene rings is 1. The molecule has 1 N–H and O–H groups in total. The number of rotatable bonds is 5. The predicted octanol–water partition coefficient (Wildman–Crippen LogP) is 5.11. The molecule has 0 atom stereocenters. The van der Waals surface area contributed by atoms with Crippen molar-refractivity contribution in [2.75, 3.05) is 11.9 Å². The minimum atomic E-state index is -0.371. The standard InChI is InChI=1S/C20H20ClNO3S/c1-2-25-20(24)19-18(15-5-3-4-6-16(15)26-19)22-17(23)12-9-13-7-10-14(21)11-8-13/h7-12H,2-6H2,1H3,(H,22,23)/b12-9+. The lowest BCUT2D eigenvalue weighted by Gasteiger charge is -2.13. The Morgan fingerprint density at radius 1 is 1.23 bits per heavy atom. The number of carbonyl (C=O) groups excluding carboxylic acids is 2. The summed E-state index contributed by atoms with van der Waals surface area (Å²) in [4.78, 5) is 26.3. The number of aryl methyl sites for hydroxylation is 1. The van der Waals surface area contributed by atoms with Crippen molar-refractivity contribution in [2.24, 2.45) is 0 Å². The third kappa shape index (κ3) is 4.34. The van der Waals surface area contributed by atoms with Crippen molar-refractivity contribution >= 4 is 46.6 Å². The SMILES string of the molecule is CCOC(=O)c1sc2c(c1NC(=O)/C=C/c1ccc(Cl)cc1)CCCC2. The van der Waals surface area contributed by atoms with Crippen LogP contribution in [0.3, 0.4) is 0 Å². The third-order valence-corrected chi connectivity index (χ3v) is 5.70. The zero-order valence-corrected chi connectivity index (χ0v) is 16.1. The lowest BCUT2D eigenvalue weighted by molar-refractivity contribution is -0.111. The number of hydrogen-bond donors (Lipinski definition) is 1. The highest BCUT2D eigenvalue weighted by Gasteiger charge is 2.26. The van der Waals surface area contributed by atoms with Gasteiger partial charge in [0, 0.05) is 16.0 Å². The van der Waals surface area contributed by atoms with E-state index in [0.29, 0.717) is 22.2 Å². The fourth-order valence-corrected chi connectivity index (χ4v) is 4.31. The highest BCUT2D eigenvalue weighted by Crippen LogP contribution is 2.38. The van der Waals surface area contributed by atoms with Crippen molar-refractivity contribution in [2.45, 2.75) is 32.6 Å². The van der Waals surface area contributed by atoms with Crippen LogP contribution in [0, 0.1) is 0 Å². The molecule has 1 aliphatic rings. The highest BCUT2D eigenvalue weighted by molar-refractivity contribution is 7.14. The van der Waals surface area contributed by atoms with Crippen molar-refractivity contribution in [1.82, 2.24) is 0 Å². The largest absolute Gasteiger partial charge is 0.462 e. The number of carbonyl (C=O) groups is 2. The Morgan fingerprint density at radius 2 is 1.96 bits per heavy atom. The number of halogens is 1. The van der Waals surface area contributed by atoms with E-state index in [1.165, 1.54) is 22.3 Å². The fraction of sp³-hybridized carbons (Fsp3) is 0.300. The Kier molecular flexibility index (Phi) is 6.12. The Morgan fingerprint density at radius 3 is 2.69 bits per heavy atom. The molecular formula is C20H20ClNO3S. The molecule has 0 saturated carbocycles. The van der Waals surface area contributed by atoms with Crippen LogP contribution in [0.1, 0.15) is 45.4 Å². The van der Waals surface area contributed by atoms with Gasteiger partial charge in [0.05, 0.1) is 12.3 Å². The molecular weight excluding hydrogens is 370 g/mol. The Bertz CT molecular complexity index is 839. The molecule has 0 aliphatic heterocycles. The van der Waals surface area contributed by atoms with Crippen LogP contribution >= 0.6 is 22.9 Å². The van der Waals surface area contributed by atoms with Gasteiger partial charge >= 0.3 is 5.97 Å². The molecule has 2 aromatic rings. The summed E-state index contributed by atoms with van der Waals surface area (Å²) in [5.74, 6) is -0.638. The van der Waals surface area contributed by atoms with Crippen LogP contribution in [-0.2, 0) is 22.4 Å². The van der Waals surface area contributed by atoms with Crippen molar-refractivity contribution in [1.29, 1.82) is 0 Å². The number of nitrogens with one attached hydrogen (secondary N) is 1. The summed E-state index contributed by atoms with van der Waals surface area (Å²) in [6.45, 7) is 2.09. The van der Waals surface area contributed by atoms with Gasteiger partial charge in [0.25, 0.3) is 0 Å². The van der Waals surface area contributed by atoms with Gasteiger partial charge in [-0.15, -0.1) is 11.3 Å². The normalized spacial score (nSPS) is 13.5. The average Bonchev–Trinajstić information content (AvgIpc) is 3.00. The number of fused-ring (bicyclic) bond motifs is 1. The van der Waals surface area contributed by atoms with E-state index in [2.05, 4.69) is 5.32 Å². The number of benzene rings is 1. The molecule has 0 unspecified atom stereocenters. The molecule has 0 fully saturated rings. The van der Waals surface area contributed by atoms with Crippen molar-refractivity contribution < 1.29 is 14.3 Å². The molecule has 1 heterocycles. The van der Waals surface area contributed by atoms with Gasteiger partial charge in [-0.25, -0.2) is 4.79 Å². The minimum Gasteiger partial charge on any atom is -0.462 e. The number of anilines is 1. The smallest absolute Gasteiger partial charge is 0.350 e. The van der Waals surface area contributed by atoms with E-state index >= 15 is 0 Å². The molecule has 26 heavy (non-hydrogen) atoms. The van der Waals surface area contributed by atoms with Crippen LogP contribution in [0.4, 0.5) is 5.69 Å². The second kappa shape index (κ2) is 8.52. The van der Waals surface area contributed by atoms with Gasteiger partial charge in [-0.05, 0) is 61.9 Å². The molecule has 4 nitrogen and oxygen atoms in total. The summed E-state index contributed by atoms with van der Waals surface area (Å²) in [6, 6.07) is 7.21. The van der Waals surface area contributed by atoms with Gasteiger partial charge in [-0.3, -0.25) is 4.79 Å². The van der Waals surface area contributed by atoms with Crippen LogP contribution < -0.4 is 5.32 Å². The van der Waals surface area contributed by atoms with Crippen LogP contribution in [0.25, 0.3) is 6.08 Å². The molecule has 6 heteroatoms. The van der Waals surface area contributed by atoms with Crippen molar-refractivity contribution in [3.05, 3.63) is 56.2 Å². The number of hydrogen-bond acceptors (Lipinski definition) is 4. The second-order valence-corrected chi connectivity index (χ2v) is 7.55. The molecule has 0 spiro atoms. The lowest BCUT2D eigenvalue weighted by Crippen LogP contribution is -2.14. The maximum Gasteiger partial charge on any atom is 0.350 e. The summed E-state index contributed by atoms with van der Waals surface area (Å²) >= 11 is 7.30. The summed E-state index contributed by atoms with van der Waals surface area (Å²) in [5, 5.41) is 3.55. The molecule has 1 aromatic carbocycles. The summed E-state index contributed by atoms with van der Waals surface area (Å²) in [5.41, 5.74) is 2.58. The van der Waals surface area contributed by atoms with Gasteiger partial charge in [0.1, 0.15) is 4.88 Å². The maximum absolute atomic E-state index is 12.4. The van der Waals surface area contributed by atoms with E-state index in [-0.39, 0.29) is 11.9 Å². The summed E-state index contributed by atoms with van der Waals surface area (Å²) in [7, 11) is 0. The number of amides is 1. The van der Waals surface area contributed by atoms with Gasteiger partial charge in [0.2, 0.25) is 5.91 Å². The van der Waals surface area contributed by atoms with Crippen LogP contribution in [0.2, 0.25) is 5.02 Å². The predicted molar refractivity (Wildman–Crippen MR) is 106 cm³/mol. The zero-order valence-electron chi connectivity index (χ0n) is 14.5. The molecule has 0 saturated heterocycles. The Hall–Kier alpha value is -2.11. The van der Waals surface area contributed by atoms with E-state index in [1.807, 2.05) is 12.1 Å². The zero-order chi connectivity index (χ0) is 18.5. The number of ether oxygens (including phenoxy) is 1. The molecule has 136 valence electrons. The molecule has 0 bridgehead atoms. The number of esters is 1. The maximum atomic E-state index is 12.4. The van der Waals surface area contributed by atoms with Crippen LogP contribution in [-0.4, -0.2) is 18.5 Å². The molecule has 1 aliphatic carbocycles. The van der Waals surface area contributed by atoms with Crippen LogP contribution in [0.5, 0.6) is 0 Å². The summed E-state index contributed by atoms with van der Waals surface area (Å²) in [6.07, 6.45) is 7.18. The van der Waals surface area contributed by atoms with Crippen molar-refractivity contribution in [3.63, 3.8) is 0 Å². The van der Waals surface area contributed by atoms with E-state index in [9.17, 15) is 9.59 Å². The molecule has 0 radical (unpaired) electrons. The lowest BCUT2D eigenvalue weighted by atomic mass is 9.97. The highest BCUT2D eigenvalue weighted by atomic mass is 35.5. The molecule has 3 rings (SSSR count). The Labute approximate surface area is 161 Å². The third-order valence-electron chi connectivity index (χ3n) is 4.18. The first kappa shape index (κ1) is 18.7. The van der Waals surface area contributed by atoms with Gasteiger partial charge < -0.3 is 10.1 Å². The first-order valence-corrected chi connectivity index (χ1v) is 9.84. The van der Waals surface area contributed by atoms with Crippen LogP contribution in [0.15, 0.2) is 30.3 Å². The van der Waals surface area contributed by atoms with E-state index < -0.39 is 0 Å². The first-order chi connectivity index (χ1) is 12.6. The average molecular weight is 390 g/mol. The molecule has 1 aromatic heterocycles. The van der Waals surface area contributed by atoms with Gasteiger partial charge in [-0.2, -0.15) is 0 Å². The van der Waals surface area contributed by atoms with Gasteiger partial charge in [0.15, 0.2) is 0 Å². The quantitative estimate of drug-likeness (QED) is 0.571. The Balaban J connectivity index is 1.81. The second-order valence-electron chi connectivity index (χ2n) is 6.01. The fourth-order valence-electron chi connectivity index (χ4n) is 2.95. The van der Waals surface area contributed by atoms with E-state index in [4.69, 9.17) is 16.3 Å². The van der Waals surface area contributed by atoms with E-state index in [1.54, 1.807) is 25.1 Å². The van der Waals surface area contributed by atoms with Gasteiger partial charge in [-0.1, -0.05) is 23.7 Å². The van der Waals surface area contributed by atoms with Crippen molar-refractivity contribution in [3.8, 4) is 0 Å². The first-order valence-electron chi connectivity index (χ1n) is 8.64. The monoisotopic (exact) mass is 389 g/mol. The van der Waals surface area contributed by atoms with E-state index in [0.717, 1.165) is 36.8 Å². The summed E-state index contributed by atoms with van der Waals surface area (Å²) < 4.78 is 5.16. The molecule has 1 amide bonds. The topological polar surface area (TPSA) is 55.4 Å².